The molecular formula is C25H38O3. The van der Waals surface area contributed by atoms with E-state index in [4.69, 9.17) is 0 Å². The number of methoxy groups -OCH3 is 1. The molecule has 3 nitrogen and oxygen atoms in total. The highest BCUT2D eigenvalue weighted by Crippen LogP contribution is 2.20. The van der Waals surface area contributed by atoms with Crippen molar-refractivity contribution in [3.05, 3.63) is 42.0 Å². The molecule has 0 bridgehead atoms. The van der Waals surface area contributed by atoms with Crippen LogP contribution in [0.3, 0.4) is 0 Å². The van der Waals surface area contributed by atoms with Crippen LogP contribution in [-0.2, 0) is 14.3 Å². The third-order valence-corrected chi connectivity index (χ3v) is 5.05. The molecule has 0 saturated carbocycles. The van der Waals surface area contributed by atoms with Gasteiger partial charge in [-0.25, -0.2) is 0 Å². The minimum absolute atomic E-state index is 0.122. The first-order valence-electron chi connectivity index (χ1n) is 11.0. The molecular weight excluding hydrogens is 348 g/mol. The second-order valence-corrected chi connectivity index (χ2v) is 7.45. The maximum absolute atomic E-state index is 12.8. The fourth-order valence-corrected chi connectivity index (χ4v) is 3.33. The van der Waals surface area contributed by atoms with Gasteiger partial charge in [-0.2, -0.15) is 0 Å². The van der Waals surface area contributed by atoms with Gasteiger partial charge in [-0.15, -0.1) is 0 Å². The number of rotatable bonds is 16. The van der Waals surface area contributed by atoms with Crippen LogP contribution in [0.1, 0.15) is 96.0 Å². The molecule has 1 rings (SSSR count). The number of carbonyl (C=O) groups is 2. The Kier molecular flexibility index (Phi) is 13.9. The standard InChI is InChI=1S/C25H38O3/c1-3-4-5-8-15-20-24(26)23(22-17-12-11-13-18-22)19-14-9-6-7-10-16-21-25(27)28-2/h11-13,17-19H,3-10,14-16,20-21H2,1-2H3/b23-19-. The van der Waals surface area contributed by atoms with Crippen molar-refractivity contribution in [2.24, 2.45) is 0 Å². The van der Waals surface area contributed by atoms with E-state index in [0.717, 1.165) is 62.5 Å². The second-order valence-electron chi connectivity index (χ2n) is 7.45. The Hall–Kier alpha value is -1.90. The Morgan fingerprint density at radius 3 is 2.11 bits per heavy atom. The SMILES string of the molecule is CCCCCCCC(=O)/C(=C\CCCCCCCC(=O)OC)c1ccccc1. The maximum Gasteiger partial charge on any atom is 0.305 e. The number of hydrogen-bond donors (Lipinski definition) is 0. The summed E-state index contributed by atoms with van der Waals surface area (Å²) in [6, 6.07) is 10.1. The molecule has 0 N–H and O–H groups in total. The molecule has 0 saturated heterocycles. The summed E-state index contributed by atoms with van der Waals surface area (Å²) in [6.45, 7) is 2.21. The number of ketones is 1. The topological polar surface area (TPSA) is 43.4 Å². The van der Waals surface area contributed by atoms with Crippen LogP contribution in [0.15, 0.2) is 36.4 Å². The van der Waals surface area contributed by atoms with E-state index >= 15 is 0 Å². The first-order chi connectivity index (χ1) is 13.7. The molecule has 3 heteroatoms. The predicted molar refractivity (Wildman–Crippen MR) is 117 cm³/mol. The lowest BCUT2D eigenvalue weighted by molar-refractivity contribution is -0.140. The first kappa shape index (κ1) is 24.1. The van der Waals surface area contributed by atoms with Crippen molar-refractivity contribution < 1.29 is 14.3 Å². The minimum atomic E-state index is -0.122. The number of carbonyl (C=O) groups excluding carboxylic acids is 2. The number of benzene rings is 1. The number of Topliss-reactive ketones (excluding diaryl/α,β-unsaturated/α-hetero) is 1. The van der Waals surface area contributed by atoms with Crippen LogP contribution in [0, 0.1) is 0 Å². The monoisotopic (exact) mass is 386 g/mol. The van der Waals surface area contributed by atoms with Gasteiger partial charge in [0.1, 0.15) is 0 Å². The zero-order valence-electron chi connectivity index (χ0n) is 17.9. The number of allylic oxidation sites excluding steroid dienone is 2. The van der Waals surface area contributed by atoms with Gasteiger partial charge < -0.3 is 4.74 Å². The van der Waals surface area contributed by atoms with Crippen molar-refractivity contribution in [1.29, 1.82) is 0 Å². The van der Waals surface area contributed by atoms with E-state index in [-0.39, 0.29) is 11.8 Å². The van der Waals surface area contributed by atoms with Crippen LogP contribution in [0.2, 0.25) is 0 Å². The molecule has 0 aliphatic heterocycles. The van der Waals surface area contributed by atoms with Crippen molar-refractivity contribution in [3.8, 4) is 0 Å². The molecule has 0 fully saturated rings. The van der Waals surface area contributed by atoms with Crippen molar-refractivity contribution in [3.63, 3.8) is 0 Å². The fourth-order valence-electron chi connectivity index (χ4n) is 3.33. The summed E-state index contributed by atoms with van der Waals surface area (Å²) in [7, 11) is 1.44. The quantitative estimate of drug-likeness (QED) is 0.176. The van der Waals surface area contributed by atoms with E-state index in [9.17, 15) is 9.59 Å². The van der Waals surface area contributed by atoms with Gasteiger partial charge in [-0.3, -0.25) is 9.59 Å². The van der Waals surface area contributed by atoms with Gasteiger partial charge in [0.2, 0.25) is 0 Å². The highest BCUT2D eigenvalue weighted by molar-refractivity contribution is 6.20. The summed E-state index contributed by atoms with van der Waals surface area (Å²) in [5.41, 5.74) is 1.93. The van der Waals surface area contributed by atoms with Gasteiger partial charge in [0.25, 0.3) is 0 Å². The molecule has 28 heavy (non-hydrogen) atoms. The van der Waals surface area contributed by atoms with Crippen LogP contribution < -0.4 is 0 Å². The van der Waals surface area contributed by atoms with Gasteiger partial charge in [0, 0.05) is 18.4 Å². The molecule has 0 spiro atoms. The van der Waals surface area contributed by atoms with Crippen LogP contribution >= 0.6 is 0 Å². The van der Waals surface area contributed by atoms with Gasteiger partial charge in [-0.1, -0.05) is 88.3 Å². The molecule has 156 valence electrons. The lowest BCUT2D eigenvalue weighted by Crippen LogP contribution is -2.02. The lowest BCUT2D eigenvalue weighted by atomic mass is 9.96. The van der Waals surface area contributed by atoms with E-state index in [1.54, 1.807) is 0 Å². The van der Waals surface area contributed by atoms with E-state index in [0.29, 0.717) is 12.8 Å². The lowest BCUT2D eigenvalue weighted by Gasteiger charge is -2.08. The summed E-state index contributed by atoms with van der Waals surface area (Å²) in [5, 5.41) is 0. The number of ether oxygens (including phenoxy) is 1. The van der Waals surface area contributed by atoms with Crippen LogP contribution in [-0.4, -0.2) is 18.9 Å². The Labute approximate surface area is 171 Å². The zero-order valence-corrected chi connectivity index (χ0v) is 17.9. The van der Waals surface area contributed by atoms with Gasteiger partial charge >= 0.3 is 5.97 Å². The molecule has 0 heterocycles. The van der Waals surface area contributed by atoms with Gasteiger partial charge in [-0.05, 0) is 31.2 Å². The highest BCUT2D eigenvalue weighted by Gasteiger charge is 2.11. The molecule has 0 aromatic heterocycles. The minimum Gasteiger partial charge on any atom is -0.469 e. The summed E-state index contributed by atoms with van der Waals surface area (Å²) in [4.78, 5) is 23.8. The average molecular weight is 387 g/mol. The Bertz CT molecular complexity index is 575. The number of unbranched alkanes of at least 4 members (excludes halogenated alkanes) is 9. The van der Waals surface area contributed by atoms with E-state index in [1.807, 2.05) is 30.3 Å². The molecule has 0 aliphatic rings. The van der Waals surface area contributed by atoms with Crippen LogP contribution in [0.25, 0.3) is 5.57 Å². The van der Waals surface area contributed by atoms with Crippen LogP contribution in [0.5, 0.6) is 0 Å². The predicted octanol–water partition coefficient (Wildman–Crippen LogP) is 6.90. The Morgan fingerprint density at radius 1 is 0.821 bits per heavy atom. The number of esters is 1. The summed E-state index contributed by atoms with van der Waals surface area (Å²) < 4.78 is 4.65. The van der Waals surface area contributed by atoms with Crippen molar-refractivity contribution in [2.45, 2.75) is 90.4 Å². The zero-order chi connectivity index (χ0) is 20.5. The summed E-state index contributed by atoms with van der Waals surface area (Å²) >= 11 is 0. The Morgan fingerprint density at radius 2 is 1.43 bits per heavy atom. The average Bonchev–Trinajstić information content (AvgIpc) is 2.72. The molecule has 0 atom stereocenters. The fraction of sp³-hybridized carbons (Fsp3) is 0.600. The van der Waals surface area contributed by atoms with Crippen molar-refractivity contribution in [1.82, 2.24) is 0 Å². The summed E-state index contributed by atoms with van der Waals surface area (Å²) in [6.07, 6.45) is 15.4. The Balaban J connectivity index is 2.41. The van der Waals surface area contributed by atoms with Gasteiger partial charge in [0.05, 0.1) is 7.11 Å². The second kappa shape index (κ2) is 16.1. The third-order valence-electron chi connectivity index (χ3n) is 5.05. The molecule has 0 amide bonds. The normalized spacial score (nSPS) is 11.4. The number of hydrogen-bond acceptors (Lipinski definition) is 3. The molecule has 0 aliphatic carbocycles. The van der Waals surface area contributed by atoms with Crippen LogP contribution in [0.4, 0.5) is 0 Å². The van der Waals surface area contributed by atoms with E-state index < -0.39 is 0 Å². The first-order valence-corrected chi connectivity index (χ1v) is 11.0. The largest absolute Gasteiger partial charge is 0.469 e. The summed E-state index contributed by atoms with van der Waals surface area (Å²) in [5.74, 6) is 0.157. The van der Waals surface area contributed by atoms with Crippen molar-refractivity contribution in [2.75, 3.05) is 7.11 Å². The van der Waals surface area contributed by atoms with E-state index in [1.165, 1.54) is 26.4 Å². The van der Waals surface area contributed by atoms with E-state index in [2.05, 4.69) is 17.7 Å². The molecule has 1 aromatic rings. The molecule has 0 radical (unpaired) electrons. The molecule has 1 aromatic carbocycles. The highest BCUT2D eigenvalue weighted by atomic mass is 16.5. The maximum atomic E-state index is 12.8. The van der Waals surface area contributed by atoms with Crippen molar-refractivity contribution >= 4 is 17.3 Å². The van der Waals surface area contributed by atoms with Gasteiger partial charge in [0.15, 0.2) is 5.78 Å². The third kappa shape index (κ3) is 11.1. The smallest absolute Gasteiger partial charge is 0.305 e. The molecule has 0 unspecified atom stereocenters.